The molecule has 0 bridgehead atoms. The zero-order valence-electron chi connectivity index (χ0n) is 10.1. The van der Waals surface area contributed by atoms with E-state index >= 15 is 0 Å². The van der Waals surface area contributed by atoms with Gasteiger partial charge in [-0.2, -0.15) is 0 Å². The van der Waals surface area contributed by atoms with Crippen LogP contribution >= 0.6 is 0 Å². The second kappa shape index (κ2) is 9.93. The van der Waals surface area contributed by atoms with E-state index < -0.39 is 0 Å². The van der Waals surface area contributed by atoms with Gasteiger partial charge < -0.3 is 9.47 Å². The van der Waals surface area contributed by atoms with Crippen LogP contribution in [0.4, 0.5) is 0 Å². The van der Waals surface area contributed by atoms with Gasteiger partial charge in [0.25, 0.3) is 0 Å². The number of carbonyl (C=O) groups excluding carboxylic acids is 1. The van der Waals surface area contributed by atoms with Crippen molar-refractivity contribution in [1.82, 2.24) is 4.90 Å². The summed E-state index contributed by atoms with van der Waals surface area (Å²) >= 11 is 0. The Labute approximate surface area is 92.5 Å². The molecule has 0 aromatic heterocycles. The summed E-state index contributed by atoms with van der Waals surface area (Å²) in [5.41, 5.74) is 0. The molecular weight excluding hydrogens is 194 g/mol. The highest BCUT2D eigenvalue weighted by Crippen LogP contribution is 1.91. The van der Waals surface area contributed by atoms with E-state index in [0.717, 1.165) is 25.9 Å². The first-order valence-electron chi connectivity index (χ1n) is 5.55. The van der Waals surface area contributed by atoms with Gasteiger partial charge in [0, 0.05) is 19.6 Å². The van der Waals surface area contributed by atoms with Crippen LogP contribution in [0.25, 0.3) is 0 Å². The Balaban J connectivity index is 3.13. The lowest BCUT2D eigenvalue weighted by Crippen LogP contribution is -2.24. The maximum Gasteiger partial charge on any atom is 0.320 e. The largest absolute Gasteiger partial charge is 0.465 e. The molecule has 4 nitrogen and oxygen atoms in total. The number of hydrogen-bond donors (Lipinski definition) is 0. The van der Waals surface area contributed by atoms with Gasteiger partial charge >= 0.3 is 5.97 Å². The van der Waals surface area contributed by atoms with Crippen molar-refractivity contribution < 1.29 is 14.3 Å². The van der Waals surface area contributed by atoms with Crippen molar-refractivity contribution >= 4 is 5.97 Å². The third kappa shape index (κ3) is 11.3. The third-order valence-electron chi connectivity index (χ3n) is 1.78. The fraction of sp³-hybridized carbons (Fsp3) is 0.909. The van der Waals surface area contributed by atoms with Crippen molar-refractivity contribution in [2.75, 3.05) is 40.5 Å². The zero-order valence-corrected chi connectivity index (χ0v) is 10.1. The average Bonchev–Trinajstić information content (AvgIpc) is 2.15. The molecule has 0 aromatic carbocycles. The van der Waals surface area contributed by atoms with Crippen molar-refractivity contribution in [2.24, 2.45) is 0 Å². The molecule has 0 aromatic rings. The Hall–Kier alpha value is -0.610. The average molecular weight is 217 g/mol. The van der Waals surface area contributed by atoms with Crippen LogP contribution in [0.15, 0.2) is 0 Å². The number of likely N-dealkylation sites (N-methyl/N-ethyl adjacent to an activating group) is 1. The lowest BCUT2D eigenvalue weighted by molar-refractivity contribution is -0.144. The zero-order chi connectivity index (χ0) is 11.5. The molecular formula is C11H23NO3. The highest BCUT2D eigenvalue weighted by Gasteiger charge is 2.03. The summed E-state index contributed by atoms with van der Waals surface area (Å²) in [4.78, 5) is 12.9. The van der Waals surface area contributed by atoms with Gasteiger partial charge in [-0.3, -0.25) is 9.69 Å². The Morgan fingerprint density at radius 1 is 1.13 bits per heavy atom. The number of hydrogen-bond acceptors (Lipinski definition) is 4. The van der Waals surface area contributed by atoms with Crippen molar-refractivity contribution in [1.29, 1.82) is 0 Å². The Bertz CT molecular complexity index is 160. The number of nitrogens with zero attached hydrogens (tertiary/aromatic N) is 1. The minimum atomic E-state index is -0.173. The summed E-state index contributed by atoms with van der Waals surface area (Å²) in [5, 5.41) is 0. The van der Waals surface area contributed by atoms with Crippen LogP contribution in [-0.2, 0) is 14.3 Å². The summed E-state index contributed by atoms with van der Waals surface area (Å²) in [6.07, 6.45) is 3.03. The lowest BCUT2D eigenvalue weighted by Gasteiger charge is -2.09. The summed E-state index contributed by atoms with van der Waals surface area (Å²) < 4.78 is 10.3. The Morgan fingerprint density at radius 3 is 2.40 bits per heavy atom. The van der Waals surface area contributed by atoms with Gasteiger partial charge in [-0.1, -0.05) is 13.3 Å². The molecule has 0 atom stereocenters. The normalized spacial score (nSPS) is 10.7. The van der Waals surface area contributed by atoms with E-state index in [4.69, 9.17) is 9.47 Å². The van der Waals surface area contributed by atoms with E-state index in [1.165, 1.54) is 0 Å². The molecule has 0 heterocycles. The molecule has 0 unspecified atom stereocenters. The van der Waals surface area contributed by atoms with Crippen LogP contribution in [0.3, 0.4) is 0 Å². The second-order valence-electron chi connectivity index (χ2n) is 3.78. The van der Waals surface area contributed by atoms with Gasteiger partial charge in [0.2, 0.25) is 0 Å². The molecule has 15 heavy (non-hydrogen) atoms. The van der Waals surface area contributed by atoms with Crippen LogP contribution < -0.4 is 0 Å². The fourth-order valence-corrected chi connectivity index (χ4v) is 0.999. The van der Waals surface area contributed by atoms with E-state index in [2.05, 4.69) is 6.92 Å². The van der Waals surface area contributed by atoms with E-state index in [1.807, 2.05) is 14.1 Å². The molecule has 0 aliphatic rings. The molecule has 0 saturated carbocycles. The number of rotatable bonds is 9. The minimum Gasteiger partial charge on any atom is -0.465 e. The summed E-state index contributed by atoms with van der Waals surface area (Å²) in [7, 11) is 3.68. The van der Waals surface area contributed by atoms with E-state index in [-0.39, 0.29) is 5.97 Å². The second-order valence-corrected chi connectivity index (χ2v) is 3.78. The van der Waals surface area contributed by atoms with Crippen LogP contribution in [0, 0.1) is 0 Å². The van der Waals surface area contributed by atoms with E-state index in [1.54, 1.807) is 4.90 Å². The summed E-state index contributed by atoms with van der Waals surface area (Å²) in [6.45, 7) is 4.42. The van der Waals surface area contributed by atoms with Gasteiger partial charge in [-0.25, -0.2) is 0 Å². The third-order valence-corrected chi connectivity index (χ3v) is 1.78. The summed E-state index contributed by atoms with van der Waals surface area (Å²) in [6, 6.07) is 0. The standard InChI is InChI=1S/C11H23NO3/c1-4-5-7-14-8-6-9-15-11(13)10-12(2)3/h4-10H2,1-3H3. The van der Waals surface area contributed by atoms with Crippen molar-refractivity contribution in [3.05, 3.63) is 0 Å². The molecule has 90 valence electrons. The Morgan fingerprint density at radius 2 is 1.80 bits per heavy atom. The first kappa shape index (κ1) is 14.4. The first-order valence-corrected chi connectivity index (χ1v) is 5.55. The summed E-state index contributed by atoms with van der Waals surface area (Å²) in [5.74, 6) is -0.173. The number of ether oxygens (including phenoxy) is 2. The van der Waals surface area contributed by atoms with Crippen LogP contribution in [0.2, 0.25) is 0 Å². The molecule has 0 aliphatic heterocycles. The molecule has 0 radical (unpaired) electrons. The molecule has 0 N–H and O–H groups in total. The van der Waals surface area contributed by atoms with E-state index in [0.29, 0.717) is 19.8 Å². The highest BCUT2D eigenvalue weighted by atomic mass is 16.5. The predicted molar refractivity (Wildman–Crippen MR) is 59.9 cm³/mol. The van der Waals surface area contributed by atoms with Crippen LogP contribution in [-0.4, -0.2) is 51.3 Å². The van der Waals surface area contributed by atoms with Gasteiger partial charge in [0.15, 0.2) is 0 Å². The first-order chi connectivity index (χ1) is 7.16. The fourth-order valence-electron chi connectivity index (χ4n) is 0.999. The minimum absolute atomic E-state index is 0.173. The number of carbonyl (C=O) groups is 1. The van der Waals surface area contributed by atoms with Gasteiger partial charge in [-0.15, -0.1) is 0 Å². The smallest absolute Gasteiger partial charge is 0.320 e. The van der Waals surface area contributed by atoms with Crippen molar-refractivity contribution in [3.8, 4) is 0 Å². The molecule has 0 aliphatic carbocycles. The van der Waals surface area contributed by atoms with Gasteiger partial charge in [0.1, 0.15) is 0 Å². The quantitative estimate of drug-likeness (QED) is 0.431. The van der Waals surface area contributed by atoms with E-state index in [9.17, 15) is 4.79 Å². The molecule has 0 saturated heterocycles. The molecule has 0 spiro atoms. The highest BCUT2D eigenvalue weighted by molar-refractivity contribution is 5.71. The topological polar surface area (TPSA) is 38.8 Å². The van der Waals surface area contributed by atoms with Crippen molar-refractivity contribution in [3.63, 3.8) is 0 Å². The van der Waals surface area contributed by atoms with Crippen LogP contribution in [0.1, 0.15) is 26.2 Å². The van der Waals surface area contributed by atoms with Gasteiger partial charge in [0.05, 0.1) is 13.2 Å². The van der Waals surface area contributed by atoms with Crippen molar-refractivity contribution in [2.45, 2.75) is 26.2 Å². The SMILES string of the molecule is CCCCOCCCOC(=O)CN(C)C. The molecule has 4 heteroatoms. The molecule has 0 rings (SSSR count). The maximum atomic E-state index is 11.1. The molecule has 0 fully saturated rings. The van der Waals surface area contributed by atoms with Gasteiger partial charge in [-0.05, 0) is 20.5 Å². The van der Waals surface area contributed by atoms with Crippen LogP contribution in [0.5, 0.6) is 0 Å². The maximum absolute atomic E-state index is 11.1. The lowest BCUT2D eigenvalue weighted by atomic mass is 10.4. The monoisotopic (exact) mass is 217 g/mol. The number of unbranched alkanes of at least 4 members (excludes halogenated alkanes) is 1. The Kier molecular flexibility index (Phi) is 9.52. The molecule has 0 amide bonds. The number of esters is 1. The predicted octanol–water partition coefficient (Wildman–Crippen LogP) is 1.30.